The van der Waals surface area contributed by atoms with Gasteiger partial charge in [0.15, 0.2) is 6.61 Å². The van der Waals surface area contributed by atoms with E-state index in [0.29, 0.717) is 12.3 Å². The zero-order valence-electron chi connectivity index (χ0n) is 13.2. The van der Waals surface area contributed by atoms with Gasteiger partial charge in [-0.3, -0.25) is 4.79 Å². The number of hydrogen-bond donors (Lipinski definition) is 2. The highest BCUT2D eigenvalue weighted by molar-refractivity contribution is 5.78. The summed E-state index contributed by atoms with van der Waals surface area (Å²) in [6.45, 7) is 4.40. The number of aryl methyl sites for hydroxylation is 2. The van der Waals surface area contributed by atoms with Crippen LogP contribution in [0.4, 0.5) is 0 Å². The van der Waals surface area contributed by atoms with Crippen molar-refractivity contribution in [2.75, 3.05) is 6.61 Å². The maximum atomic E-state index is 11.9. The summed E-state index contributed by atoms with van der Waals surface area (Å²) in [5, 5.41) is 2.85. The summed E-state index contributed by atoms with van der Waals surface area (Å²) in [7, 11) is 0. The Morgan fingerprint density at radius 3 is 2.74 bits per heavy atom. The van der Waals surface area contributed by atoms with Crippen LogP contribution in [0.5, 0.6) is 5.75 Å². The molecule has 2 aromatic carbocycles. The zero-order valence-corrected chi connectivity index (χ0v) is 13.2. The molecule has 0 saturated heterocycles. The van der Waals surface area contributed by atoms with Crippen LogP contribution in [0.3, 0.4) is 0 Å². The molecule has 1 amide bonds. The highest BCUT2D eigenvalue weighted by atomic mass is 16.5. The van der Waals surface area contributed by atoms with Crippen LogP contribution in [-0.2, 0) is 11.3 Å². The number of hydrogen-bond acceptors (Lipinski definition) is 3. The summed E-state index contributed by atoms with van der Waals surface area (Å²) in [4.78, 5) is 19.4. The monoisotopic (exact) mass is 309 g/mol. The van der Waals surface area contributed by atoms with Crippen molar-refractivity contribution in [3.05, 3.63) is 59.4 Å². The first-order valence-electron chi connectivity index (χ1n) is 7.51. The van der Waals surface area contributed by atoms with Crippen LogP contribution >= 0.6 is 0 Å². The van der Waals surface area contributed by atoms with Crippen LogP contribution < -0.4 is 10.1 Å². The summed E-state index contributed by atoms with van der Waals surface area (Å²) in [6, 6.07) is 13.5. The Morgan fingerprint density at radius 1 is 1.17 bits per heavy atom. The largest absolute Gasteiger partial charge is 0.484 e. The maximum absolute atomic E-state index is 11.9. The van der Waals surface area contributed by atoms with Crippen LogP contribution in [0, 0.1) is 13.8 Å². The third-order valence-corrected chi connectivity index (χ3v) is 3.55. The summed E-state index contributed by atoms with van der Waals surface area (Å²) in [5.41, 5.74) is 4.08. The standard InChI is InChI=1S/C18H19N3O2/c1-12-3-6-15(7-4-12)23-11-18(22)19-10-14-5-8-16-17(9-14)21-13(2)20-16/h3-9H,10-11H2,1-2H3,(H,19,22)(H,20,21). The van der Waals surface area contributed by atoms with Gasteiger partial charge >= 0.3 is 0 Å². The number of nitrogens with one attached hydrogen (secondary N) is 2. The van der Waals surface area contributed by atoms with Crippen molar-refractivity contribution in [3.8, 4) is 5.75 Å². The number of benzene rings is 2. The first-order chi connectivity index (χ1) is 11.1. The van der Waals surface area contributed by atoms with Gasteiger partial charge in [-0.05, 0) is 43.7 Å². The van der Waals surface area contributed by atoms with Crippen molar-refractivity contribution in [2.45, 2.75) is 20.4 Å². The van der Waals surface area contributed by atoms with Crippen LogP contribution in [-0.4, -0.2) is 22.5 Å². The van der Waals surface area contributed by atoms with Crippen molar-refractivity contribution >= 4 is 16.9 Å². The van der Waals surface area contributed by atoms with E-state index >= 15 is 0 Å². The molecule has 0 aliphatic carbocycles. The molecule has 0 radical (unpaired) electrons. The Kier molecular flexibility index (Phi) is 4.28. The molecular formula is C18H19N3O2. The third kappa shape index (κ3) is 3.88. The summed E-state index contributed by atoms with van der Waals surface area (Å²) in [5.74, 6) is 1.43. The lowest BCUT2D eigenvalue weighted by molar-refractivity contribution is -0.123. The number of carbonyl (C=O) groups is 1. The van der Waals surface area contributed by atoms with Crippen molar-refractivity contribution in [1.29, 1.82) is 0 Å². The average Bonchev–Trinajstić information content (AvgIpc) is 2.91. The molecule has 5 heteroatoms. The number of ether oxygens (including phenoxy) is 1. The third-order valence-electron chi connectivity index (χ3n) is 3.55. The summed E-state index contributed by atoms with van der Waals surface area (Å²) in [6.07, 6.45) is 0. The molecule has 0 bridgehead atoms. The van der Waals surface area contributed by atoms with Gasteiger partial charge in [-0.15, -0.1) is 0 Å². The van der Waals surface area contributed by atoms with E-state index in [9.17, 15) is 4.79 Å². The topological polar surface area (TPSA) is 67.0 Å². The minimum Gasteiger partial charge on any atom is -0.484 e. The summed E-state index contributed by atoms with van der Waals surface area (Å²) >= 11 is 0. The van der Waals surface area contributed by atoms with E-state index in [1.807, 2.05) is 56.3 Å². The molecule has 1 heterocycles. The molecule has 118 valence electrons. The molecule has 0 fully saturated rings. The number of amides is 1. The second-order valence-electron chi connectivity index (χ2n) is 5.55. The molecule has 1 aromatic heterocycles. The molecule has 3 rings (SSSR count). The number of carbonyl (C=O) groups excluding carboxylic acids is 1. The zero-order chi connectivity index (χ0) is 16.2. The molecular weight excluding hydrogens is 290 g/mol. The molecule has 2 N–H and O–H groups in total. The van der Waals surface area contributed by atoms with Crippen LogP contribution in [0.1, 0.15) is 17.0 Å². The van der Waals surface area contributed by atoms with Gasteiger partial charge in [0.25, 0.3) is 5.91 Å². The highest BCUT2D eigenvalue weighted by Crippen LogP contribution is 2.13. The molecule has 0 unspecified atom stereocenters. The number of imidazole rings is 1. The molecule has 23 heavy (non-hydrogen) atoms. The van der Waals surface area contributed by atoms with Gasteiger partial charge < -0.3 is 15.0 Å². The minimum absolute atomic E-state index is 0.00840. The van der Waals surface area contributed by atoms with Crippen molar-refractivity contribution in [3.63, 3.8) is 0 Å². The average molecular weight is 309 g/mol. The lowest BCUT2D eigenvalue weighted by Gasteiger charge is -2.08. The van der Waals surface area contributed by atoms with E-state index < -0.39 is 0 Å². The predicted octanol–water partition coefficient (Wildman–Crippen LogP) is 2.87. The fourth-order valence-corrected chi connectivity index (χ4v) is 2.33. The molecule has 0 aliphatic heterocycles. The molecule has 0 atom stereocenters. The van der Waals surface area contributed by atoms with Crippen molar-refractivity contribution in [2.24, 2.45) is 0 Å². The quantitative estimate of drug-likeness (QED) is 0.761. The van der Waals surface area contributed by atoms with Gasteiger partial charge in [-0.25, -0.2) is 4.98 Å². The van der Waals surface area contributed by atoms with Crippen LogP contribution in [0.25, 0.3) is 11.0 Å². The van der Waals surface area contributed by atoms with Crippen LogP contribution in [0.2, 0.25) is 0 Å². The molecule has 0 saturated carbocycles. The minimum atomic E-state index is -0.147. The second kappa shape index (κ2) is 6.52. The Bertz CT molecular complexity index is 822. The van der Waals surface area contributed by atoms with Crippen LogP contribution in [0.15, 0.2) is 42.5 Å². The van der Waals surface area contributed by atoms with Gasteiger partial charge in [0.1, 0.15) is 11.6 Å². The van der Waals surface area contributed by atoms with Gasteiger partial charge in [-0.1, -0.05) is 23.8 Å². The number of fused-ring (bicyclic) bond motifs is 1. The Hall–Kier alpha value is -2.82. The van der Waals surface area contributed by atoms with Crippen molar-refractivity contribution < 1.29 is 9.53 Å². The number of rotatable bonds is 5. The molecule has 0 aliphatic rings. The normalized spacial score (nSPS) is 10.7. The molecule has 0 spiro atoms. The Labute approximate surface area is 134 Å². The van der Waals surface area contributed by atoms with Gasteiger partial charge in [0, 0.05) is 6.54 Å². The first kappa shape index (κ1) is 15.1. The number of nitrogens with zero attached hydrogens (tertiary/aromatic N) is 1. The van der Waals surface area contributed by atoms with Gasteiger partial charge in [-0.2, -0.15) is 0 Å². The van der Waals surface area contributed by atoms with E-state index in [0.717, 1.165) is 28.0 Å². The van der Waals surface area contributed by atoms with Gasteiger partial charge in [0.05, 0.1) is 11.0 Å². The van der Waals surface area contributed by atoms with Crippen molar-refractivity contribution in [1.82, 2.24) is 15.3 Å². The highest BCUT2D eigenvalue weighted by Gasteiger charge is 2.05. The Morgan fingerprint density at radius 2 is 1.96 bits per heavy atom. The smallest absolute Gasteiger partial charge is 0.258 e. The van der Waals surface area contributed by atoms with E-state index in [4.69, 9.17) is 4.74 Å². The lowest BCUT2D eigenvalue weighted by atomic mass is 10.2. The summed E-state index contributed by atoms with van der Waals surface area (Å²) < 4.78 is 5.46. The fraction of sp³-hybridized carbons (Fsp3) is 0.222. The maximum Gasteiger partial charge on any atom is 0.258 e. The number of aromatic amines is 1. The van der Waals surface area contributed by atoms with E-state index in [-0.39, 0.29) is 12.5 Å². The molecule has 5 nitrogen and oxygen atoms in total. The first-order valence-corrected chi connectivity index (χ1v) is 7.51. The van der Waals surface area contributed by atoms with Gasteiger partial charge in [0.2, 0.25) is 0 Å². The van der Waals surface area contributed by atoms with E-state index in [1.54, 1.807) is 0 Å². The number of H-pyrrole nitrogens is 1. The number of aromatic nitrogens is 2. The van der Waals surface area contributed by atoms with E-state index in [1.165, 1.54) is 0 Å². The second-order valence-corrected chi connectivity index (χ2v) is 5.55. The SMILES string of the molecule is Cc1ccc(OCC(=O)NCc2ccc3nc(C)[nH]c3c2)cc1. The molecule has 3 aromatic rings. The van der Waals surface area contributed by atoms with E-state index in [2.05, 4.69) is 15.3 Å². The predicted molar refractivity (Wildman–Crippen MR) is 89.4 cm³/mol. The Balaban J connectivity index is 1.52. The fourth-order valence-electron chi connectivity index (χ4n) is 2.33. The lowest BCUT2D eigenvalue weighted by Crippen LogP contribution is -2.28.